The van der Waals surface area contributed by atoms with Gasteiger partial charge in [-0.2, -0.15) is 0 Å². The van der Waals surface area contributed by atoms with Crippen molar-refractivity contribution in [1.82, 2.24) is 4.57 Å². The molecule has 1 aromatic heterocycles. The number of aromatic nitrogens is 1. The van der Waals surface area contributed by atoms with E-state index < -0.39 is 23.0 Å². The van der Waals surface area contributed by atoms with Crippen molar-refractivity contribution < 1.29 is 14.4 Å². The number of carbonyl (C=O) groups is 3. The van der Waals surface area contributed by atoms with Crippen molar-refractivity contribution in [3.63, 3.8) is 0 Å². The Balaban J connectivity index is 1.40. The minimum Gasteiger partial charge on any atom is -0.324 e. The molecule has 41 heavy (non-hydrogen) atoms. The highest BCUT2D eigenvalue weighted by molar-refractivity contribution is 9.10. The third-order valence-corrected chi connectivity index (χ3v) is 11.3. The van der Waals surface area contributed by atoms with E-state index in [0.717, 1.165) is 25.8 Å². The van der Waals surface area contributed by atoms with Crippen molar-refractivity contribution in [2.45, 2.75) is 22.7 Å². The number of nitrogens with zero attached hydrogens (tertiary/aromatic N) is 2. The number of hydrogen-bond donors (Lipinski definition) is 1. The number of amides is 3. The van der Waals surface area contributed by atoms with Crippen LogP contribution in [0.5, 0.6) is 0 Å². The number of anilines is 2. The van der Waals surface area contributed by atoms with Crippen LogP contribution in [0.25, 0.3) is 0 Å². The van der Waals surface area contributed by atoms with E-state index in [1.54, 1.807) is 36.4 Å². The Kier molecular flexibility index (Phi) is 7.94. The molecule has 3 heterocycles. The van der Waals surface area contributed by atoms with E-state index in [-0.39, 0.29) is 28.3 Å². The fourth-order valence-corrected chi connectivity index (χ4v) is 8.65. The molecule has 0 spiro atoms. The Hall–Kier alpha value is -2.41. The third kappa shape index (κ3) is 5.32. The molecule has 2 aliphatic heterocycles. The second kappa shape index (κ2) is 11.3. The summed E-state index contributed by atoms with van der Waals surface area (Å²) < 4.78 is 3.06. The highest BCUT2D eigenvalue weighted by Crippen LogP contribution is 2.54. The first-order chi connectivity index (χ1) is 19.6. The smallest absolute Gasteiger partial charge is 0.308 e. The molecule has 3 amide bonds. The highest BCUT2D eigenvalue weighted by Gasteiger charge is 2.56. The van der Waals surface area contributed by atoms with Crippen LogP contribution in [0, 0.1) is 5.92 Å². The lowest BCUT2D eigenvalue weighted by atomic mass is 9.83. The van der Waals surface area contributed by atoms with Gasteiger partial charge in [-0.05, 0) is 60.2 Å². The molecule has 13 heteroatoms. The Bertz CT molecular complexity index is 1780. The lowest BCUT2D eigenvalue weighted by molar-refractivity contribution is -0.122. The highest BCUT2D eigenvalue weighted by atomic mass is 79.9. The van der Waals surface area contributed by atoms with Crippen LogP contribution in [-0.2, 0) is 20.9 Å². The van der Waals surface area contributed by atoms with Crippen molar-refractivity contribution >= 4 is 107 Å². The average molecular weight is 754 g/mol. The van der Waals surface area contributed by atoms with Gasteiger partial charge in [0, 0.05) is 25.4 Å². The summed E-state index contributed by atoms with van der Waals surface area (Å²) in [6, 6.07) is 19.2. The Labute approximate surface area is 269 Å². The van der Waals surface area contributed by atoms with Gasteiger partial charge in [-0.3, -0.25) is 23.7 Å². The summed E-state index contributed by atoms with van der Waals surface area (Å²) >= 11 is 21.1. The van der Waals surface area contributed by atoms with Crippen LogP contribution >= 0.6 is 78.2 Å². The van der Waals surface area contributed by atoms with E-state index in [4.69, 9.17) is 23.2 Å². The maximum atomic E-state index is 13.9. The summed E-state index contributed by atoms with van der Waals surface area (Å²) in [4.78, 5) is 55.6. The van der Waals surface area contributed by atoms with Crippen LogP contribution in [0.1, 0.15) is 16.4 Å². The fourth-order valence-electron chi connectivity index (χ4n) is 5.05. The Morgan fingerprint density at radius 2 is 1.54 bits per heavy atom. The predicted octanol–water partition coefficient (Wildman–Crippen LogP) is 7.18. The van der Waals surface area contributed by atoms with Gasteiger partial charge in [0.15, 0.2) is 0 Å². The number of carbonyl (C=O) groups excluding carboxylic acids is 3. The maximum Gasteiger partial charge on any atom is 0.308 e. The maximum absolute atomic E-state index is 13.9. The number of nitrogens with one attached hydrogen (secondary N) is 1. The molecular weight excluding hydrogens is 737 g/mol. The molecule has 3 aromatic carbocycles. The Morgan fingerprint density at radius 1 is 0.878 bits per heavy atom. The van der Waals surface area contributed by atoms with E-state index in [2.05, 4.69) is 37.2 Å². The standard InChI is InChI=1S/C28H17Br2Cl2N3O4S2/c29-14-3-1-13(2-4-14)21-22-23(26(38)35(25(22)37)17-8-5-15(30)6-9-17)40-27-24(21)41-28(39)34(27)12-20(36)33-16-7-10-18(31)19(32)11-16/h1-11,21-23H,12H2,(H,33,36)/t21-,22-,23+/m0/s1. The van der Waals surface area contributed by atoms with Gasteiger partial charge in [0.05, 0.1) is 26.7 Å². The number of benzene rings is 3. The summed E-state index contributed by atoms with van der Waals surface area (Å²) in [7, 11) is 0. The van der Waals surface area contributed by atoms with Crippen LogP contribution in [-0.4, -0.2) is 27.5 Å². The summed E-state index contributed by atoms with van der Waals surface area (Å²) in [5, 5.41) is 3.12. The molecule has 2 aliphatic rings. The van der Waals surface area contributed by atoms with E-state index in [1.807, 2.05) is 24.3 Å². The number of fused-ring (bicyclic) bond motifs is 2. The molecule has 0 saturated carbocycles. The Morgan fingerprint density at radius 3 is 2.20 bits per heavy atom. The molecule has 6 rings (SSSR count). The van der Waals surface area contributed by atoms with Crippen molar-refractivity contribution in [2.75, 3.05) is 10.2 Å². The summed E-state index contributed by atoms with van der Waals surface area (Å²) in [5.41, 5.74) is 1.72. The summed E-state index contributed by atoms with van der Waals surface area (Å²) in [6.07, 6.45) is 0. The molecular formula is C28H17Br2Cl2N3O4S2. The first kappa shape index (κ1) is 28.7. The van der Waals surface area contributed by atoms with Crippen molar-refractivity contribution in [1.29, 1.82) is 0 Å². The fraction of sp³-hybridized carbons (Fsp3) is 0.143. The van der Waals surface area contributed by atoms with Crippen LogP contribution in [0.4, 0.5) is 11.4 Å². The van der Waals surface area contributed by atoms with Gasteiger partial charge in [-0.25, -0.2) is 4.90 Å². The van der Waals surface area contributed by atoms with Crippen LogP contribution < -0.4 is 15.1 Å². The number of rotatable bonds is 5. The molecule has 0 radical (unpaired) electrons. The third-order valence-electron chi connectivity index (χ3n) is 6.87. The predicted molar refractivity (Wildman–Crippen MR) is 169 cm³/mol. The lowest BCUT2D eigenvalue weighted by Crippen LogP contribution is -2.33. The first-order valence-electron chi connectivity index (χ1n) is 12.2. The quantitative estimate of drug-likeness (QED) is 0.219. The van der Waals surface area contributed by atoms with Crippen LogP contribution in [0.2, 0.25) is 10.0 Å². The SMILES string of the molecule is O=C(Cn1c2c(sc1=O)[C@@H](c1ccc(Br)cc1)[C@@H]1C(=O)N(c3ccc(Br)cc3)C(=O)[C@@H]1S2)Nc1ccc(Cl)c(Cl)c1. The van der Waals surface area contributed by atoms with E-state index in [1.165, 1.54) is 27.3 Å². The summed E-state index contributed by atoms with van der Waals surface area (Å²) in [5.74, 6) is -2.39. The summed E-state index contributed by atoms with van der Waals surface area (Å²) in [6.45, 7) is -0.277. The second-order valence-corrected chi connectivity index (χ2v) is 14.2. The molecule has 1 N–H and O–H groups in total. The van der Waals surface area contributed by atoms with Gasteiger partial charge in [-0.15, -0.1) is 0 Å². The zero-order valence-corrected chi connectivity index (χ0v) is 27.0. The number of hydrogen-bond acceptors (Lipinski definition) is 6. The minimum atomic E-state index is -0.773. The molecule has 0 unspecified atom stereocenters. The molecule has 4 aromatic rings. The van der Waals surface area contributed by atoms with Gasteiger partial charge >= 0.3 is 4.87 Å². The van der Waals surface area contributed by atoms with E-state index >= 15 is 0 Å². The largest absolute Gasteiger partial charge is 0.324 e. The number of halogens is 4. The van der Waals surface area contributed by atoms with Gasteiger partial charge in [0.2, 0.25) is 17.7 Å². The van der Waals surface area contributed by atoms with Crippen LogP contribution in [0.3, 0.4) is 0 Å². The molecule has 7 nitrogen and oxygen atoms in total. The zero-order chi connectivity index (χ0) is 29.0. The van der Waals surface area contributed by atoms with Crippen molar-refractivity contribution in [2.24, 2.45) is 5.92 Å². The second-order valence-electron chi connectivity index (χ2n) is 9.38. The first-order valence-corrected chi connectivity index (χ1v) is 16.2. The number of thiazole rings is 1. The molecule has 208 valence electrons. The van der Waals surface area contributed by atoms with Gasteiger partial charge in [0.1, 0.15) is 11.8 Å². The molecule has 0 bridgehead atoms. The average Bonchev–Trinajstić information content (AvgIpc) is 3.38. The van der Waals surface area contributed by atoms with Gasteiger partial charge < -0.3 is 5.32 Å². The van der Waals surface area contributed by atoms with E-state index in [0.29, 0.717) is 26.3 Å². The number of thioether (sulfide) groups is 1. The molecule has 3 atom stereocenters. The number of imide groups is 1. The molecule has 1 saturated heterocycles. The zero-order valence-electron chi connectivity index (χ0n) is 20.6. The van der Waals surface area contributed by atoms with Crippen LogP contribution in [0.15, 0.2) is 85.5 Å². The lowest BCUT2D eigenvalue weighted by Gasteiger charge is -2.30. The monoisotopic (exact) mass is 751 g/mol. The van der Waals surface area contributed by atoms with E-state index in [9.17, 15) is 19.2 Å². The topological polar surface area (TPSA) is 88.5 Å². The van der Waals surface area contributed by atoms with Gasteiger partial charge in [-0.1, -0.05) is 90.3 Å². The molecule has 1 fully saturated rings. The van der Waals surface area contributed by atoms with Crippen molar-refractivity contribution in [3.8, 4) is 0 Å². The minimum absolute atomic E-state index is 0.277. The van der Waals surface area contributed by atoms with Crippen molar-refractivity contribution in [3.05, 3.63) is 106 Å². The van der Waals surface area contributed by atoms with Gasteiger partial charge in [0.25, 0.3) is 0 Å². The normalized spacial score (nSPS) is 19.7. The molecule has 0 aliphatic carbocycles.